The molecule has 0 saturated carbocycles. The van der Waals surface area contributed by atoms with Crippen LogP contribution in [-0.4, -0.2) is 48.1 Å². The Hall–Kier alpha value is -0.940. The van der Waals surface area contributed by atoms with Gasteiger partial charge in [-0.3, -0.25) is 14.5 Å². The minimum Gasteiger partial charge on any atom is -0.355 e. The smallest absolute Gasteiger partial charge is 0.258 e. The van der Waals surface area contributed by atoms with Crippen LogP contribution in [0.2, 0.25) is 0 Å². The fourth-order valence-electron chi connectivity index (χ4n) is 3.13. The van der Waals surface area contributed by atoms with Crippen LogP contribution in [0.5, 0.6) is 0 Å². The van der Waals surface area contributed by atoms with Gasteiger partial charge in [0.2, 0.25) is 0 Å². The zero-order chi connectivity index (χ0) is 12.5. The minimum absolute atomic E-state index is 0.121. The molecule has 0 aliphatic carbocycles. The van der Waals surface area contributed by atoms with Gasteiger partial charge in [0.15, 0.2) is 0 Å². The predicted octanol–water partition coefficient (Wildman–Crippen LogP) is 0.435. The average molecular weight is 252 g/mol. The Morgan fingerprint density at radius 2 is 1.83 bits per heavy atom. The highest BCUT2D eigenvalue weighted by Crippen LogP contribution is 2.28. The second kappa shape index (κ2) is 4.97. The van der Waals surface area contributed by atoms with E-state index in [1.54, 1.807) is 0 Å². The van der Waals surface area contributed by atoms with Crippen molar-refractivity contribution in [2.75, 3.05) is 13.1 Å². The molecular weight excluding hydrogens is 232 g/mol. The molecule has 0 aromatic heterocycles. The molecule has 0 radical (unpaired) electrons. The summed E-state index contributed by atoms with van der Waals surface area (Å²) >= 11 is 0. The number of hydrogen-bond acceptors (Lipinski definition) is 4. The third-order valence-electron chi connectivity index (χ3n) is 4.22. The van der Waals surface area contributed by atoms with E-state index in [4.69, 9.17) is 4.74 Å². The number of rotatable bonds is 3. The lowest BCUT2D eigenvalue weighted by atomic mass is 10.0. The second-order valence-electron chi connectivity index (χ2n) is 5.45. The predicted molar refractivity (Wildman–Crippen MR) is 64.9 cm³/mol. The quantitative estimate of drug-likeness (QED) is 0.740. The summed E-state index contributed by atoms with van der Waals surface area (Å²) in [5.41, 5.74) is 0. The van der Waals surface area contributed by atoms with Crippen LogP contribution in [-0.2, 0) is 14.3 Å². The van der Waals surface area contributed by atoms with Crippen molar-refractivity contribution in [3.63, 3.8) is 0 Å². The fourth-order valence-corrected chi connectivity index (χ4v) is 3.13. The van der Waals surface area contributed by atoms with Gasteiger partial charge in [0.05, 0.1) is 0 Å². The zero-order valence-corrected chi connectivity index (χ0v) is 10.6. The molecule has 0 spiro atoms. The van der Waals surface area contributed by atoms with Crippen molar-refractivity contribution in [1.29, 1.82) is 0 Å². The number of imide groups is 1. The fraction of sp³-hybridized carbons (Fsp3) is 0.846. The van der Waals surface area contributed by atoms with Gasteiger partial charge in [-0.1, -0.05) is 6.42 Å². The molecule has 5 nitrogen and oxygen atoms in total. The van der Waals surface area contributed by atoms with E-state index in [1.165, 1.54) is 17.7 Å². The van der Waals surface area contributed by atoms with E-state index in [0.29, 0.717) is 25.4 Å². The number of ether oxygens (including phenoxy) is 1. The molecule has 3 atom stereocenters. The number of carbonyl (C=O) groups excluding carboxylic acids is 2. The van der Waals surface area contributed by atoms with Crippen LogP contribution in [0.3, 0.4) is 0 Å². The first-order valence-corrected chi connectivity index (χ1v) is 7.00. The number of likely N-dealkylation sites (tertiary alicyclic amines) is 1. The molecule has 3 fully saturated rings. The van der Waals surface area contributed by atoms with Crippen molar-refractivity contribution in [2.24, 2.45) is 0 Å². The molecule has 0 aromatic rings. The molecule has 2 amide bonds. The summed E-state index contributed by atoms with van der Waals surface area (Å²) in [6, 6.07) is 0.458. The van der Waals surface area contributed by atoms with E-state index in [9.17, 15) is 9.59 Å². The lowest BCUT2D eigenvalue weighted by molar-refractivity contribution is -0.168. The van der Waals surface area contributed by atoms with Crippen LogP contribution in [0.4, 0.5) is 0 Å². The first kappa shape index (κ1) is 12.1. The van der Waals surface area contributed by atoms with Gasteiger partial charge in [-0.2, -0.15) is 0 Å². The van der Waals surface area contributed by atoms with Gasteiger partial charge in [0.25, 0.3) is 11.8 Å². The topological polar surface area (TPSA) is 58.6 Å². The maximum Gasteiger partial charge on any atom is 0.258 e. The Bertz CT molecular complexity index is 330. The van der Waals surface area contributed by atoms with Gasteiger partial charge < -0.3 is 10.1 Å². The summed E-state index contributed by atoms with van der Waals surface area (Å²) in [6.07, 6.45) is 5.19. The van der Waals surface area contributed by atoms with Crippen molar-refractivity contribution < 1.29 is 14.3 Å². The number of piperidine rings is 1. The lowest BCUT2D eigenvalue weighted by Crippen LogP contribution is -2.52. The molecular formula is C13H20N2O3. The Kier molecular flexibility index (Phi) is 3.35. The van der Waals surface area contributed by atoms with Gasteiger partial charge in [-0.05, 0) is 38.6 Å². The Morgan fingerprint density at radius 3 is 2.44 bits per heavy atom. The summed E-state index contributed by atoms with van der Waals surface area (Å²) < 4.78 is 5.39. The molecule has 1 N–H and O–H groups in total. The Balaban J connectivity index is 1.58. The van der Waals surface area contributed by atoms with Crippen molar-refractivity contribution in [2.45, 2.75) is 56.8 Å². The van der Waals surface area contributed by atoms with E-state index < -0.39 is 0 Å². The number of amides is 2. The van der Waals surface area contributed by atoms with Crippen LogP contribution in [0, 0.1) is 0 Å². The summed E-state index contributed by atoms with van der Waals surface area (Å²) in [4.78, 5) is 25.5. The van der Waals surface area contributed by atoms with E-state index in [2.05, 4.69) is 5.32 Å². The van der Waals surface area contributed by atoms with Gasteiger partial charge in [0, 0.05) is 12.6 Å². The summed E-state index contributed by atoms with van der Waals surface area (Å²) in [7, 11) is 0. The number of nitrogens with zero attached hydrogens (tertiary/aromatic N) is 1. The number of morpholine rings is 1. The van der Waals surface area contributed by atoms with Gasteiger partial charge in [0.1, 0.15) is 12.2 Å². The van der Waals surface area contributed by atoms with E-state index in [1.807, 2.05) is 0 Å². The summed E-state index contributed by atoms with van der Waals surface area (Å²) in [6.45, 7) is 1.60. The monoisotopic (exact) mass is 252 g/mol. The van der Waals surface area contributed by atoms with Crippen molar-refractivity contribution in [3.05, 3.63) is 0 Å². The number of carbonyl (C=O) groups is 2. The van der Waals surface area contributed by atoms with Crippen molar-refractivity contribution >= 4 is 11.8 Å². The zero-order valence-electron chi connectivity index (χ0n) is 10.6. The van der Waals surface area contributed by atoms with Crippen LogP contribution in [0.25, 0.3) is 0 Å². The standard InChI is InChI=1S/C13H20N2O3/c16-12-10-4-5-11(18-10)13(17)15(12)8-6-9-3-1-2-7-14-9/h9-11,14H,1-8H2. The van der Waals surface area contributed by atoms with E-state index in [-0.39, 0.29) is 24.0 Å². The maximum absolute atomic E-state index is 12.0. The molecule has 100 valence electrons. The molecule has 0 aromatic carbocycles. The Labute approximate surface area is 107 Å². The Morgan fingerprint density at radius 1 is 1.11 bits per heavy atom. The third-order valence-corrected chi connectivity index (χ3v) is 4.22. The average Bonchev–Trinajstić information content (AvgIpc) is 2.85. The van der Waals surface area contributed by atoms with Crippen LogP contribution in [0.1, 0.15) is 38.5 Å². The van der Waals surface area contributed by atoms with Crippen molar-refractivity contribution in [1.82, 2.24) is 10.2 Å². The van der Waals surface area contributed by atoms with Crippen LogP contribution < -0.4 is 5.32 Å². The molecule has 18 heavy (non-hydrogen) atoms. The number of hydrogen-bond donors (Lipinski definition) is 1. The van der Waals surface area contributed by atoms with E-state index >= 15 is 0 Å². The molecule has 3 rings (SSSR count). The highest BCUT2D eigenvalue weighted by atomic mass is 16.5. The SMILES string of the molecule is O=C1C2CCC(O2)C(=O)N1CCC1CCCCN1. The second-order valence-corrected chi connectivity index (χ2v) is 5.45. The molecule has 2 bridgehead atoms. The van der Waals surface area contributed by atoms with Gasteiger partial charge >= 0.3 is 0 Å². The largest absolute Gasteiger partial charge is 0.355 e. The first-order chi connectivity index (χ1) is 8.75. The summed E-state index contributed by atoms with van der Waals surface area (Å²) in [5.74, 6) is -0.242. The van der Waals surface area contributed by atoms with Crippen molar-refractivity contribution in [3.8, 4) is 0 Å². The summed E-state index contributed by atoms with van der Waals surface area (Å²) in [5, 5.41) is 3.45. The molecule has 3 aliphatic rings. The first-order valence-electron chi connectivity index (χ1n) is 7.00. The van der Waals surface area contributed by atoms with Gasteiger partial charge in [-0.25, -0.2) is 0 Å². The number of fused-ring (bicyclic) bond motifs is 2. The highest BCUT2D eigenvalue weighted by Gasteiger charge is 2.46. The van der Waals surface area contributed by atoms with Crippen LogP contribution in [0.15, 0.2) is 0 Å². The number of nitrogens with one attached hydrogen (secondary N) is 1. The third kappa shape index (κ3) is 2.17. The molecule has 3 aliphatic heterocycles. The van der Waals surface area contributed by atoms with Crippen LogP contribution >= 0.6 is 0 Å². The molecule has 3 heterocycles. The van der Waals surface area contributed by atoms with Gasteiger partial charge in [-0.15, -0.1) is 0 Å². The minimum atomic E-state index is -0.355. The lowest BCUT2D eigenvalue weighted by Gasteiger charge is -2.32. The highest BCUT2D eigenvalue weighted by molar-refractivity contribution is 6.02. The normalized spacial score (nSPS) is 36.2. The maximum atomic E-state index is 12.0. The van der Waals surface area contributed by atoms with E-state index in [0.717, 1.165) is 19.4 Å². The molecule has 5 heteroatoms. The molecule has 3 unspecified atom stereocenters. The molecule has 3 saturated heterocycles.